The molecule has 0 fully saturated rings. The Morgan fingerprint density at radius 3 is 2.46 bits per heavy atom. The van der Waals surface area contributed by atoms with Crippen molar-refractivity contribution in [2.24, 2.45) is 0 Å². The first-order chi connectivity index (χ1) is 17.1. The molecule has 1 N–H and O–H groups in total. The monoisotopic (exact) mass is 463 g/mol. The Bertz CT molecular complexity index is 1530. The van der Waals surface area contributed by atoms with Crippen molar-refractivity contribution in [3.63, 3.8) is 0 Å². The maximum atomic E-state index is 13.3. The summed E-state index contributed by atoms with van der Waals surface area (Å²) in [5, 5.41) is 14.1. The summed E-state index contributed by atoms with van der Waals surface area (Å²) < 4.78 is 5.84. The number of fused-ring (bicyclic) bond motifs is 1. The maximum absolute atomic E-state index is 13.3. The van der Waals surface area contributed by atoms with Crippen LogP contribution in [-0.4, -0.2) is 15.8 Å². The number of amides is 1. The number of benzene rings is 4. The molecule has 0 aliphatic carbocycles. The Hall–Kier alpha value is -4.78. The first-order valence-electron chi connectivity index (χ1n) is 11.2. The number of carbonyl (C=O) groups excluding carboxylic acids is 1. The van der Waals surface area contributed by atoms with E-state index in [2.05, 4.69) is 22.4 Å². The third-order valence-electron chi connectivity index (χ3n) is 5.78. The van der Waals surface area contributed by atoms with Gasteiger partial charge in [-0.1, -0.05) is 60.7 Å². The van der Waals surface area contributed by atoms with Crippen LogP contribution in [0.1, 0.15) is 21.5 Å². The normalized spacial score (nSPS) is 10.9. The van der Waals surface area contributed by atoms with Gasteiger partial charge in [-0.05, 0) is 48.2 Å². The number of nitrogens with zero attached hydrogens (tertiary/aromatic N) is 2. The van der Waals surface area contributed by atoms with E-state index in [-0.39, 0.29) is 17.5 Å². The molecule has 0 bridgehead atoms. The summed E-state index contributed by atoms with van der Waals surface area (Å²) >= 11 is 0. The summed E-state index contributed by atoms with van der Waals surface area (Å²) in [5.74, 6) is 0.0432. The second-order valence-corrected chi connectivity index (χ2v) is 8.07. The predicted molar refractivity (Wildman–Crippen MR) is 134 cm³/mol. The number of para-hydroxylation sites is 1. The van der Waals surface area contributed by atoms with Crippen LogP contribution in [-0.2, 0) is 12.8 Å². The highest BCUT2D eigenvalue weighted by Crippen LogP contribution is 2.32. The van der Waals surface area contributed by atoms with Gasteiger partial charge in [0.15, 0.2) is 5.58 Å². The molecule has 172 valence electrons. The van der Waals surface area contributed by atoms with E-state index in [0.717, 1.165) is 18.4 Å². The average Bonchev–Trinajstić information content (AvgIpc) is 3.32. The Morgan fingerprint density at radius 1 is 0.886 bits per heavy atom. The highest BCUT2D eigenvalue weighted by molar-refractivity contribution is 6.07. The smallest absolute Gasteiger partial charge is 0.271 e. The van der Waals surface area contributed by atoms with E-state index in [1.54, 1.807) is 12.1 Å². The molecule has 7 nitrogen and oxygen atoms in total. The van der Waals surface area contributed by atoms with Crippen LogP contribution in [0.3, 0.4) is 0 Å². The summed E-state index contributed by atoms with van der Waals surface area (Å²) in [7, 11) is 0. The maximum Gasteiger partial charge on any atom is 0.271 e. The van der Waals surface area contributed by atoms with Gasteiger partial charge >= 0.3 is 0 Å². The molecule has 0 spiro atoms. The topological polar surface area (TPSA) is 98.3 Å². The predicted octanol–water partition coefficient (Wildman–Crippen LogP) is 6.44. The lowest BCUT2D eigenvalue weighted by Gasteiger charge is -2.12. The molecule has 0 aliphatic heterocycles. The molecule has 7 heteroatoms. The van der Waals surface area contributed by atoms with Gasteiger partial charge in [0.25, 0.3) is 11.6 Å². The van der Waals surface area contributed by atoms with E-state index in [0.29, 0.717) is 27.9 Å². The van der Waals surface area contributed by atoms with Crippen LogP contribution < -0.4 is 5.32 Å². The van der Waals surface area contributed by atoms with E-state index in [9.17, 15) is 14.9 Å². The largest absolute Gasteiger partial charge is 0.436 e. The highest BCUT2D eigenvalue weighted by Gasteiger charge is 2.18. The lowest BCUT2D eigenvalue weighted by Crippen LogP contribution is -2.15. The Balaban J connectivity index is 1.41. The molecule has 0 radical (unpaired) electrons. The fraction of sp³-hybridized carbons (Fsp3) is 0.0714. The number of hydrogen-bond acceptors (Lipinski definition) is 5. The molecule has 5 aromatic rings. The molecule has 4 aromatic carbocycles. The number of nitro groups is 1. The number of hydrogen-bond donors (Lipinski definition) is 1. The van der Waals surface area contributed by atoms with E-state index < -0.39 is 4.92 Å². The second kappa shape index (κ2) is 9.61. The van der Waals surface area contributed by atoms with Crippen molar-refractivity contribution in [3.05, 3.63) is 124 Å². The van der Waals surface area contributed by atoms with Crippen molar-refractivity contribution < 1.29 is 14.1 Å². The molecule has 1 heterocycles. The van der Waals surface area contributed by atoms with E-state index in [1.807, 2.05) is 54.6 Å². The van der Waals surface area contributed by atoms with Gasteiger partial charge in [-0.25, -0.2) is 4.98 Å². The second-order valence-electron chi connectivity index (χ2n) is 8.07. The molecular weight excluding hydrogens is 442 g/mol. The molecule has 1 aromatic heterocycles. The van der Waals surface area contributed by atoms with Gasteiger partial charge in [0.1, 0.15) is 5.52 Å². The number of non-ortho nitro benzene ring substituents is 1. The summed E-state index contributed by atoms with van der Waals surface area (Å²) in [5.41, 5.74) is 4.64. The number of nitro benzene ring substituents is 1. The molecule has 0 unspecified atom stereocenters. The first kappa shape index (κ1) is 22.0. The number of aryl methyl sites for hydroxylation is 2. The number of oxazole rings is 1. The van der Waals surface area contributed by atoms with Gasteiger partial charge in [0.05, 0.1) is 16.2 Å². The third-order valence-corrected chi connectivity index (χ3v) is 5.78. The van der Waals surface area contributed by atoms with Crippen LogP contribution in [0.4, 0.5) is 11.4 Å². The Labute approximate surface area is 201 Å². The Morgan fingerprint density at radius 2 is 1.63 bits per heavy atom. The fourth-order valence-corrected chi connectivity index (χ4v) is 4.00. The van der Waals surface area contributed by atoms with E-state index in [4.69, 9.17) is 4.42 Å². The van der Waals surface area contributed by atoms with Gasteiger partial charge in [-0.2, -0.15) is 0 Å². The molecule has 1 amide bonds. The lowest BCUT2D eigenvalue weighted by molar-refractivity contribution is -0.384. The zero-order chi connectivity index (χ0) is 24.2. The minimum atomic E-state index is -0.475. The lowest BCUT2D eigenvalue weighted by atomic mass is 9.99. The molecule has 0 saturated carbocycles. The first-order valence-corrected chi connectivity index (χ1v) is 11.2. The highest BCUT2D eigenvalue weighted by atomic mass is 16.6. The number of carbonyl (C=O) groups is 1. The molecule has 35 heavy (non-hydrogen) atoms. The number of aromatic nitrogens is 1. The quantitative estimate of drug-likeness (QED) is 0.221. The molecular formula is C28H21N3O4. The fourth-order valence-electron chi connectivity index (χ4n) is 4.00. The van der Waals surface area contributed by atoms with E-state index in [1.165, 1.54) is 23.8 Å². The van der Waals surface area contributed by atoms with Gasteiger partial charge in [-0.3, -0.25) is 14.9 Å². The zero-order valence-corrected chi connectivity index (χ0v) is 18.7. The van der Waals surface area contributed by atoms with Crippen molar-refractivity contribution in [3.8, 4) is 11.5 Å². The number of rotatable bonds is 7. The van der Waals surface area contributed by atoms with Crippen molar-refractivity contribution in [1.82, 2.24) is 4.98 Å². The van der Waals surface area contributed by atoms with Crippen LogP contribution in [0.25, 0.3) is 22.6 Å². The van der Waals surface area contributed by atoms with Gasteiger partial charge in [-0.15, -0.1) is 0 Å². The third kappa shape index (κ3) is 4.79. The van der Waals surface area contributed by atoms with Crippen LogP contribution in [0.2, 0.25) is 0 Å². The Kier molecular flexibility index (Phi) is 6.05. The van der Waals surface area contributed by atoms with E-state index >= 15 is 0 Å². The molecule has 0 saturated heterocycles. The van der Waals surface area contributed by atoms with Crippen LogP contribution in [0.15, 0.2) is 101 Å². The zero-order valence-electron chi connectivity index (χ0n) is 18.7. The van der Waals surface area contributed by atoms with Crippen LogP contribution in [0, 0.1) is 10.1 Å². The van der Waals surface area contributed by atoms with Crippen molar-refractivity contribution >= 4 is 28.4 Å². The number of anilines is 1. The molecule has 0 atom stereocenters. The summed E-state index contributed by atoms with van der Waals surface area (Å²) in [6, 6.07) is 29.2. The molecule has 5 rings (SSSR count). The van der Waals surface area contributed by atoms with Gasteiger partial charge < -0.3 is 9.73 Å². The standard InChI is InChI=1S/C28H21N3O4/c32-27(22-11-5-4-10-20(22)15-14-19-8-2-1-3-9-19)29-24-13-7-6-12-23(24)28-30-25-18-21(31(33)34)16-17-26(25)35-28/h1-13,16-18H,14-15H2,(H,29,32). The minimum Gasteiger partial charge on any atom is -0.436 e. The van der Waals surface area contributed by atoms with Crippen molar-refractivity contribution in [2.45, 2.75) is 12.8 Å². The molecule has 0 aliphatic rings. The van der Waals surface area contributed by atoms with Crippen LogP contribution >= 0.6 is 0 Å². The van der Waals surface area contributed by atoms with Crippen molar-refractivity contribution in [1.29, 1.82) is 0 Å². The summed E-state index contributed by atoms with van der Waals surface area (Å²) in [4.78, 5) is 28.3. The van der Waals surface area contributed by atoms with Crippen molar-refractivity contribution in [2.75, 3.05) is 5.32 Å². The minimum absolute atomic E-state index is 0.0638. The SMILES string of the molecule is O=C(Nc1ccccc1-c1nc2cc([N+](=O)[O-])ccc2o1)c1ccccc1CCc1ccccc1. The average molecular weight is 463 g/mol. The van der Waals surface area contributed by atoms with Crippen LogP contribution in [0.5, 0.6) is 0 Å². The number of nitrogens with one attached hydrogen (secondary N) is 1. The summed E-state index contributed by atoms with van der Waals surface area (Å²) in [6.07, 6.45) is 1.57. The van der Waals surface area contributed by atoms with Gasteiger partial charge in [0.2, 0.25) is 5.89 Å². The van der Waals surface area contributed by atoms with Gasteiger partial charge in [0, 0.05) is 17.7 Å². The summed E-state index contributed by atoms with van der Waals surface area (Å²) in [6.45, 7) is 0.